The molecule has 0 radical (unpaired) electrons. The minimum absolute atomic E-state index is 0.0553. The Kier molecular flexibility index (Phi) is 2.96. The predicted molar refractivity (Wildman–Crippen MR) is 58.9 cm³/mol. The zero-order chi connectivity index (χ0) is 11.7. The zero-order valence-electron chi connectivity index (χ0n) is 9.64. The lowest BCUT2D eigenvalue weighted by Gasteiger charge is -2.19. The molecule has 1 aliphatic rings. The van der Waals surface area contributed by atoms with Crippen molar-refractivity contribution in [3.8, 4) is 0 Å². The molecule has 2 unspecified atom stereocenters. The normalized spacial score (nSPS) is 25.1. The van der Waals surface area contributed by atoms with Crippen LogP contribution in [0.1, 0.15) is 29.6 Å². The summed E-state index contributed by atoms with van der Waals surface area (Å²) >= 11 is 0. The monoisotopic (exact) mass is 223 g/mol. The van der Waals surface area contributed by atoms with Crippen molar-refractivity contribution >= 4 is 5.91 Å². The van der Waals surface area contributed by atoms with Crippen molar-refractivity contribution in [1.82, 2.24) is 10.1 Å². The molecular weight excluding hydrogens is 206 g/mol. The van der Waals surface area contributed by atoms with E-state index in [-0.39, 0.29) is 11.9 Å². The molecule has 1 aromatic heterocycles. The zero-order valence-corrected chi connectivity index (χ0v) is 9.64. The van der Waals surface area contributed by atoms with E-state index in [0.717, 1.165) is 13.0 Å². The third kappa shape index (κ3) is 1.95. The highest BCUT2D eigenvalue weighted by Crippen LogP contribution is 2.23. The number of rotatable bonds is 2. The third-order valence-corrected chi connectivity index (χ3v) is 3.10. The Bertz CT molecular complexity index is 388. The second-order valence-electron chi connectivity index (χ2n) is 4.47. The molecule has 2 rings (SSSR count). The molecule has 16 heavy (non-hydrogen) atoms. The predicted octanol–water partition coefficient (Wildman–Crippen LogP) is 0.792. The summed E-state index contributed by atoms with van der Waals surface area (Å²) in [4.78, 5) is 13.9. The van der Waals surface area contributed by atoms with Gasteiger partial charge < -0.3 is 15.2 Å². The van der Waals surface area contributed by atoms with Crippen LogP contribution in [0.25, 0.3) is 0 Å². The van der Waals surface area contributed by atoms with Crippen molar-refractivity contribution in [3.63, 3.8) is 0 Å². The van der Waals surface area contributed by atoms with E-state index < -0.39 is 0 Å². The van der Waals surface area contributed by atoms with Gasteiger partial charge in [-0.3, -0.25) is 4.79 Å². The lowest BCUT2D eigenvalue weighted by atomic mass is 10.1. The van der Waals surface area contributed by atoms with Crippen LogP contribution in [0.3, 0.4) is 0 Å². The van der Waals surface area contributed by atoms with E-state index in [2.05, 4.69) is 5.16 Å². The average Bonchev–Trinajstić information content (AvgIpc) is 2.83. The molecule has 0 aromatic carbocycles. The van der Waals surface area contributed by atoms with E-state index in [9.17, 15) is 4.79 Å². The molecule has 2 atom stereocenters. The number of carbonyl (C=O) groups is 1. The van der Waals surface area contributed by atoms with Gasteiger partial charge in [0, 0.05) is 18.7 Å². The average molecular weight is 223 g/mol. The van der Waals surface area contributed by atoms with Crippen molar-refractivity contribution in [2.75, 3.05) is 13.1 Å². The van der Waals surface area contributed by atoms with E-state index in [1.54, 1.807) is 13.0 Å². The molecule has 0 bridgehead atoms. The fourth-order valence-electron chi connectivity index (χ4n) is 2.21. The Morgan fingerprint density at radius 2 is 2.50 bits per heavy atom. The van der Waals surface area contributed by atoms with Gasteiger partial charge in [0.05, 0.1) is 0 Å². The molecule has 5 nitrogen and oxygen atoms in total. The minimum Gasteiger partial charge on any atom is -0.361 e. The summed E-state index contributed by atoms with van der Waals surface area (Å²) in [6, 6.07) is 1.91. The lowest BCUT2D eigenvalue weighted by molar-refractivity contribution is 0.0733. The van der Waals surface area contributed by atoms with Gasteiger partial charge in [-0.2, -0.15) is 0 Å². The molecule has 1 aliphatic heterocycles. The van der Waals surface area contributed by atoms with E-state index >= 15 is 0 Å². The lowest BCUT2D eigenvalue weighted by Crippen LogP contribution is -2.34. The van der Waals surface area contributed by atoms with Crippen LogP contribution >= 0.6 is 0 Å². The van der Waals surface area contributed by atoms with Crippen LogP contribution in [0.5, 0.6) is 0 Å². The number of nitrogens with zero attached hydrogens (tertiary/aromatic N) is 2. The molecule has 2 heterocycles. The Labute approximate surface area is 94.6 Å². The number of aromatic nitrogens is 1. The van der Waals surface area contributed by atoms with Gasteiger partial charge in [-0.1, -0.05) is 5.16 Å². The first kappa shape index (κ1) is 11.1. The molecule has 0 saturated carbocycles. The largest absolute Gasteiger partial charge is 0.361 e. The van der Waals surface area contributed by atoms with E-state index in [4.69, 9.17) is 10.3 Å². The molecule has 2 N–H and O–H groups in total. The standard InChI is InChI=1S/C11H17N3O2/c1-7-3-9(5-12)6-14(7)11(15)10-4-8(2)16-13-10/h4,7,9H,3,5-6,12H2,1-2H3. The summed E-state index contributed by atoms with van der Waals surface area (Å²) in [7, 11) is 0. The Morgan fingerprint density at radius 1 is 1.75 bits per heavy atom. The van der Waals surface area contributed by atoms with Crippen LogP contribution in [0.15, 0.2) is 10.6 Å². The number of amides is 1. The second kappa shape index (κ2) is 4.25. The Morgan fingerprint density at radius 3 is 3.00 bits per heavy atom. The summed E-state index contributed by atoms with van der Waals surface area (Å²) in [5, 5.41) is 3.75. The maximum absolute atomic E-state index is 12.1. The molecule has 0 aliphatic carbocycles. The fraction of sp³-hybridized carbons (Fsp3) is 0.636. The fourth-order valence-corrected chi connectivity index (χ4v) is 2.21. The quantitative estimate of drug-likeness (QED) is 0.804. The summed E-state index contributed by atoms with van der Waals surface area (Å²) in [5.41, 5.74) is 6.02. The highest BCUT2D eigenvalue weighted by molar-refractivity contribution is 5.92. The first-order chi connectivity index (χ1) is 7.61. The van der Waals surface area contributed by atoms with E-state index in [0.29, 0.717) is 23.9 Å². The number of likely N-dealkylation sites (tertiary alicyclic amines) is 1. The summed E-state index contributed by atoms with van der Waals surface area (Å²) in [5.74, 6) is 1.01. The molecule has 1 amide bonds. The van der Waals surface area contributed by atoms with Gasteiger partial charge in [0.1, 0.15) is 5.76 Å². The van der Waals surface area contributed by atoms with Crippen LogP contribution in [0.4, 0.5) is 0 Å². The highest BCUT2D eigenvalue weighted by Gasteiger charge is 2.33. The van der Waals surface area contributed by atoms with Crippen LogP contribution in [-0.2, 0) is 0 Å². The van der Waals surface area contributed by atoms with Crippen LogP contribution < -0.4 is 5.73 Å². The number of nitrogens with two attached hydrogens (primary N) is 1. The van der Waals surface area contributed by atoms with Gasteiger partial charge in [0.25, 0.3) is 5.91 Å². The molecule has 1 saturated heterocycles. The van der Waals surface area contributed by atoms with E-state index in [1.807, 2.05) is 11.8 Å². The summed E-state index contributed by atoms with van der Waals surface area (Å²) in [6.07, 6.45) is 0.971. The SMILES string of the molecule is Cc1cc(C(=O)N2CC(CN)CC2C)no1. The van der Waals surface area contributed by atoms with Gasteiger partial charge in [-0.15, -0.1) is 0 Å². The van der Waals surface area contributed by atoms with E-state index in [1.165, 1.54) is 0 Å². The highest BCUT2D eigenvalue weighted by atomic mass is 16.5. The van der Waals surface area contributed by atoms with Crippen molar-refractivity contribution in [2.45, 2.75) is 26.3 Å². The topological polar surface area (TPSA) is 72.4 Å². The van der Waals surface area contributed by atoms with Crippen molar-refractivity contribution in [3.05, 3.63) is 17.5 Å². The van der Waals surface area contributed by atoms with Gasteiger partial charge in [-0.25, -0.2) is 0 Å². The van der Waals surface area contributed by atoms with Gasteiger partial charge in [-0.05, 0) is 32.7 Å². The van der Waals surface area contributed by atoms with Crippen LogP contribution in [-0.4, -0.2) is 35.1 Å². The van der Waals surface area contributed by atoms with Gasteiger partial charge >= 0.3 is 0 Å². The Balaban J connectivity index is 2.11. The molecule has 5 heteroatoms. The molecule has 1 fully saturated rings. The van der Waals surface area contributed by atoms with Crippen LogP contribution in [0, 0.1) is 12.8 Å². The molecule has 0 spiro atoms. The van der Waals surface area contributed by atoms with Crippen molar-refractivity contribution in [2.24, 2.45) is 11.7 Å². The molecule has 1 aromatic rings. The Hall–Kier alpha value is -1.36. The number of carbonyl (C=O) groups excluding carboxylic acids is 1. The smallest absolute Gasteiger partial charge is 0.276 e. The minimum atomic E-state index is -0.0553. The number of hydrogen-bond acceptors (Lipinski definition) is 4. The van der Waals surface area contributed by atoms with Gasteiger partial charge in [0.2, 0.25) is 0 Å². The first-order valence-electron chi connectivity index (χ1n) is 5.56. The molecular formula is C11H17N3O2. The second-order valence-corrected chi connectivity index (χ2v) is 4.47. The van der Waals surface area contributed by atoms with Gasteiger partial charge in [0.15, 0.2) is 5.69 Å². The third-order valence-electron chi connectivity index (χ3n) is 3.10. The van der Waals surface area contributed by atoms with Crippen LogP contribution in [0.2, 0.25) is 0 Å². The molecule has 88 valence electrons. The number of hydrogen-bond donors (Lipinski definition) is 1. The van der Waals surface area contributed by atoms with Crippen molar-refractivity contribution < 1.29 is 9.32 Å². The summed E-state index contributed by atoms with van der Waals surface area (Å²) < 4.78 is 4.91. The van der Waals surface area contributed by atoms with Crippen molar-refractivity contribution in [1.29, 1.82) is 0 Å². The number of aryl methyl sites for hydroxylation is 1. The maximum Gasteiger partial charge on any atom is 0.276 e. The first-order valence-corrected chi connectivity index (χ1v) is 5.56. The maximum atomic E-state index is 12.1. The summed E-state index contributed by atoms with van der Waals surface area (Å²) in [6.45, 7) is 5.18.